The molecule has 0 spiro atoms. The Labute approximate surface area is 108 Å². The van der Waals surface area contributed by atoms with Crippen molar-refractivity contribution in [1.82, 2.24) is 9.55 Å². The summed E-state index contributed by atoms with van der Waals surface area (Å²) < 4.78 is 1.83. The summed E-state index contributed by atoms with van der Waals surface area (Å²) in [6, 6.07) is 12.6. The fraction of sp³-hybridized carbons (Fsp3) is 0. The molecule has 0 bridgehead atoms. The monoisotopic (exact) mass is 253 g/mol. The van der Waals surface area contributed by atoms with Crippen molar-refractivity contribution in [3.05, 3.63) is 54.4 Å². The van der Waals surface area contributed by atoms with E-state index in [2.05, 4.69) is 4.98 Å². The van der Waals surface area contributed by atoms with Crippen molar-refractivity contribution in [2.75, 3.05) is 5.73 Å². The smallest absolute Gasteiger partial charge is 0.337 e. The summed E-state index contributed by atoms with van der Waals surface area (Å²) in [6.07, 6.45) is 1.67. The van der Waals surface area contributed by atoms with Crippen molar-refractivity contribution >= 4 is 22.7 Å². The van der Waals surface area contributed by atoms with Gasteiger partial charge in [0.05, 0.1) is 16.6 Å². The van der Waals surface area contributed by atoms with Crippen molar-refractivity contribution in [3.8, 4) is 5.69 Å². The minimum Gasteiger partial charge on any atom is -0.478 e. The average molecular weight is 253 g/mol. The number of aromatic nitrogens is 2. The first-order chi connectivity index (χ1) is 9.16. The third kappa shape index (κ3) is 1.81. The van der Waals surface area contributed by atoms with Crippen LogP contribution in [0.5, 0.6) is 0 Å². The van der Waals surface area contributed by atoms with E-state index in [0.29, 0.717) is 0 Å². The number of rotatable bonds is 2. The lowest BCUT2D eigenvalue weighted by Gasteiger charge is -2.07. The minimum absolute atomic E-state index is 0.0929. The van der Waals surface area contributed by atoms with Crippen molar-refractivity contribution in [2.24, 2.45) is 0 Å². The van der Waals surface area contributed by atoms with E-state index in [1.54, 1.807) is 24.5 Å². The number of hydrogen-bond acceptors (Lipinski definition) is 3. The van der Waals surface area contributed by atoms with Crippen LogP contribution in [0.2, 0.25) is 0 Å². The summed E-state index contributed by atoms with van der Waals surface area (Å²) in [5.41, 5.74) is 8.49. The normalized spacial score (nSPS) is 10.7. The lowest BCUT2D eigenvalue weighted by atomic mass is 10.1. The third-order valence-electron chi connectivity index (χ3n) is 3.00. The largest absolute Gasteiger partial charge is 0.478 e. The minimum atomic E-state index is -1.04. The summed E-state index contributed by atoms with van der Waals surface area (Å²) >= 11 is 0. The number of imidazole rings is 1. The van der Waals surface area contributed by atoms with Crippen LogP contribution in [-0.4, -0.2) is 20.6 Å². The van der Waals surface area contributed by atoms with E-state index in [1.807, 2.05) is 28.8 Å². The second-order valence-corrected chi connectivity index (χ2v) is 4.18. The molecule has 0 aliphatic rings. The molecule has 0 saturated heterocycles. The molecule has 0 unspecified atom stereocenters. The summed E-state index contributed by atoms with van der Waals surface area (Å²) in [5, 5.41) is 9.10. The number of fused-ring (bicyclic) bond motifs is 1. The molecule has 3 rings (SSSR count). The standard InChI is InChI=1S/C14H11N3O2/c15-11-6-5-9(7-10(11)14(18)19)17-8-16-12-3-1-2-4-13(12)17/h1-8H,15H2,(H,18,19). The number of carboxylic acid groups (broad SMARTS) is 1. The van der Waals surface area contributed by atoms with Crippen LogP contribution in [0.1, 0.15) is 10.4 Å². The van der Waals surface area contributed by atoms with Gasteiger partial charge in [-0.25, -0.2) is 9.78 Å². The van der Waals surface area contributed by atoms with Gasteiger partial charge in [-0.3, -0.25) is 4.57 Å². The molecule has 5 nitrogen and oxygen atoms in total. The fourth-order valence-electron chi connectivity index (χ4n) is 2.04. The van der Waals surface area contributed by atoms with Gasteiger partial charge in [0, 0.05) is 11.4 Å². The van der Waals surface area contributed by atoms with E-state index in [-0.39, 0.29) is 11.3 Å². The molecule has 0 saturated carbocycles. The molecule has 0 fully saturated rings. The second-order valence-electron chi connectivity index (χ2n) is 4.18. The number of carboxylic acids is 1. The fourth-order valence-corrected chi connectivity index (χ4v) is 2.04. The van der Waals surface area contributed by atoms with E-state index < -0.39 is 5.97 Å². The summed E-state index contributed by atoms with van der Waals surface area (Å²) in [4.78, 5) is 15.4. The van der Waals surface area contributed by atoms with Crippen molar-refractivity contribution in [1.29, 1.82) is 0 Å². The molecular weight excluding hydrogens is 242 g/mol. The van der Waals surface area contributed by atoms with Gasteiger partial charge in [0.2, 0.25) is 0 Å². The van der Waals surface area contributed by atoms with E-state index in [9.17, 15) is 4.79 Å². The average Bonchev–Trinajstić information content (AvgIpc) is 2.83. The molecule has 0 atom stereocenters. The van der Waals surface area contributed by atoms with Crippen LogP contribution in [0, 0.1) is 0 Å². The number of aromatic carboxylic acids is 1. The zero-order valence-electron chi connectivity index (χ0n) is 9.95. The van der Waals surface area contributed by atoms with Crippen molar-refractivity contribution < 1.29 is 9.90 Å². The predicted octanol–water partition coefficient (Wildman–Crippen LogP) is 2.31. The van der Waals surface area contributed by atoms with Crippen LogP contribution in [0.4, 0.5) is 5.69 Å². The van der Waals surface area contributed by atoms with Crippen LogP contribution in [0.15, 0.2) is 48.8 Å². The predicted molar refractivity (Wildman–Crippen MR) is 72.4 cm³/mol. The second kappa shape index (κ2) is 4.13. The molecule has 5 heteroatoms. The first-order valence-electron chi connectivity index (χ1n) is 5.72. The zero-order valence-corrected chi connectivity index (χ0v) is 9.95. The Morgan fingerprint density at radius 3 is 2.79 bits per heavy atom. The molecule has 0 aliphatic heterocycles. The quantitative estimate of drug-likeness (QED) is 0.687. The summed E-state index contributed by atoms with van der Waals surface area (Å²) in [5.74, 6) is -1.04. The van der Waals surface area contributed by atoms with Crippen molar-refractivity contribution in [3.63, 3.8) is 0 Å². The molecule has 0 amide bonds. The molecule has 94 valence electrons. The van der Waals surface area contributed by atoms with Gasteiger partial charge in [-0.1, -0.05) is 12.1 Å². The molecule has 2 aromatic carbocycles. The van der Waals surface area contributed by atoms with Gasteiger partial charge in [-0.2, -0.15) is 0 Å². The van der Waals surface area contributed by atoms with Crippen LogP contribution in [-0.2, 0) is 0 Å². The molecule has 1 aromatic heterocycles. The maximum absolute atomic E-state index is 11.1. The molecule has 0 aliphatic carbocycles. The van der Waals surface area contributed by atoms with E-state index in [1.165, 1.54) is 0 Å². The number of benzene rings is 2. The topological polar surface area (TPSA) is 81.1 Å². The van der Waals surface area contributed by atoms with E-state index >= 15 is 0 Å². The van der Waals surface area contributed by atoms with Gasteiger partial charge < -0.3 is 10.8 Å². The lowest BCUT2D eigenvalue weighted by molar-refractivity contribution is 0.0698. The summed E-state index contributed by atoms with van der Waals surface area (Å²) in [6.45, 7) is 0. The van der Waals surface area contributed by atoms with Gasteiger partial charge in [-0.05, 0) is 30.3 Å². The lowest BCUT2D eigenvalue weighted by Crippen LogP contribution is -2.04. The van der Waals surface area contributed by atoms with Crippen LogP contribution in [0.3, 0.4) is 0 Å². The number of hydrogen-bond donors (Lipinski definition) is 2. The molecule has 3 N–H and O–H groups in total. The number of nitrogens with two attached hydrogens (primary N) is 1. The third-order valence-corrected chi connectivity index (χ3v) is 3.00. The highest BCUT2D eigenvalue weighted by Crippen LogP contribution is 2.21. The number of para-hydroxylation sites is 2. The van der Waals surface area contributed by atoms with Crippen LogP contribution in [0.25, 0.3) is 16.7 Å². The van der Waals surface area contributed by atoms with Gasteiger partial charge >= 0.3 is 5.97 Å². The van der Waals surface area contributed by atoms with Gasteiger partial charge in [-0.15, -0.1) is 0 Å². The Morgan fingerprint density at radius 1 is 1.21 bits per heavy atom. The highest BCUT2D eigenvalue weighted by Gasteiger charge is 2.11. The highest BCUT2D eigenvalue weighted by molar-refractivity contribution is 5.94. The van der Waals surface area contributed by atoms with E-state index in [4.69, 9.17) is 10.8 Å². The van der Waals surface area contributed by atoms with Crippen LogP contribution >= 0.6 is 0 Å². The van der Waals surface area contributed by atoms with Crippen LogP contribution < -0.4 is 5.73 Å². The molecule has 0 radical (unpaired) electrons. The molecule has 19 heavy (non-hydrogen) atoms. The number of carbonyl (C=O) groups is 1. The Hall–Kier alpha value is -2.82. The molecule has 3 aromatic rings. The van der Waals surface area contributed by atoms with E-state index in [0.717, 1.165) is 16.7 Å². The zero-order chi connectivity index (χ0) is 13.4. The first kappa shape index (κ1) is 11.3. The SMILES string of the molecule is Nc1ccc(-n2cnc3ccccc32)cc1C(=O)O. The van der Waals surface area contributed by atoms with Gasteiger partial charge in [0.15, 0.2) is 0 Å². The van der Waals surface area contributed by atoms with Crippen molar-refractivity contribution in [2.45, 2.75) is 0 Å². The Balaban J connectivity index is 2.22. The number of anilines is 1. The maximum atomic E-state index is 11.1. The van der Waals surface area contributed by atoms with Gasteiger partial charge in [0.25, 0.3) is 0 Å². The highest BCUT2D eigenvalue weighted by atomic mass is 16.4. The molecule has 1 heterocycles. The molecular formula is C14H11N3O2. The first-order valence-corrected chi connectivity index (χ1v) is 5.72. The van der Waals surface area contributed by atoms with Gasteiger partial charge in [0.1, 0.15) is 6.33 Å². The summed E-state index contributed by atoms with van der Waals surface area (Å²) in [7, 11) is 0. The number of nitrogen functional groups attached to an aromatic ring is 1. The number of nitrogens with zero attached hydrogens (tertiary/aromatic N) is 2. The Morgan fingerprint density at radius 2 is 2.00 bits per heavy atom. The Bertz CT molecular complexity index is 777. The Kier molecular flexibility index (Phi) is 2.45. The maximum Gasteiger partial charge on any atom is 0.337 e.